The molecule has 6 heteroatoms. The van der Waals surface area contributed by atoms with Gasteiger partial charge in [-0.15, -0.1) is 0 Å². The van der Waals surface area contributed by atoms with Gasteiger partial charge in [0.25, 0.3) is 0 Å². The van der Waals surface area contributed by atoms with Crippen molar-refractivity contribution in [1.29, 1.82) is 0 Å². The summed E-state index contributed by atoms with van der Waals surface area (Å²) in [5, 5.41) is 0. The molecule has 0 spiro atoms. The van der Waals surface area contributed by atoms with Crippen LogP contribution in [0.25, 0.3) is 0 Å². The summed E-state index contributed by atoms with van der Waals surface area (Å²) in [6.07, 6.45) is 0.120. The van der Waals surface area contributed by atoms with Crippen molar-refractivity contribution in [2.45, 2.75) is 51.6 Å². The lowest BCUT2D eigenvalue weighted by molar-refractivity contribution is -0.133. The van der Waals surface area contributed by atoms with Crippen molar-refractivity contribution in [2.75, 3.05) is 6.54 Å². The van der Waals surface area contributed by atoms with E-state index in [9.17, 15) is 13.2 Å². The van der Waals surface area contributed by atoms with Crippen LogP contribution in [0.1, 0.15) is 37.0 Å². The quantitative estimate of drug-likeness (QED) is 0.754. The predicted octanol–water partition coefficient (Wildman–Crippen LogP) is 3.41. The van der Waals surface area contributed by atoms with E-state index in [-0.39, 0.29) is 29.8 Å². The van der Waals surface area contributed by atoms with Crippen LogP contribution in [0.15, 0.2) is 53.4 Å². The minimum absolute atomic E-state index is 0.0355. The molecule has 0 heterocycles. The number of carbonyl (C=O) groups is 1. The van der Waals surface area contributed by atoms with Crippen LogP contribution in [-0.2, 0) is 21.4 Å². The highest BCUT2D eigenvalue weighted by Crippen LogP contribution is 2.16. The maximum absolute atomic E-state index is 12.6. The number of rotatable bonds is 8. The number of nitrogens with zero attached hydrogens (tertiary/aromatic N) is 1. The lowest BCUT2D eigenvalue weighted by Gasteiger charge is -2.27. The molecule has 0 radical (unpaired) electrons. The molecule has 146 valence electrons. The largest absolute Gasteiger partial charge is 0.336 e. The SMILES string of the molecule is Cc1ccc(C)c(S(=O)(=O)NCCC(=O)N(Cc2ccccc2)C(C)C)c1. The maximum Gasteiger partial charge on any atom is 0.240 e. The van der Waals surface area contributed by atoms with E-state index in [0.717, 1.165) is 11.1 Å². The third kappa shape index (κ3) is 5.91. The van der Waals surface area contributed by atoms with E-state index in [0.29, 0.717) is 12.1 Å². The van der Waals surface area contributed by atoms with E-state index >= 15 is 0 Å². The van der Waals surface area contributed by atoms with Crippen LogP contribution in [0.3, 0.4) is 0 Å². The fourth-order valence-electron chi connectivity index (χ4n) is 2.85. The molecule has 0 aliphatic carbocycles. The van der Waals surface area contributed by atoms with E-state index in [4.69, 9.17) is 0 Å². The van der Waals surface area contributed by atoms with Crippen molar-refractivity contribution in [1.82, 2.24) is 9.62 Å². The molecule has 0 unspecified atom stereocenters. The minimum atomic E-state index is -3.63. The van der Waals surface area contributed by atoms with Gasteiger partial charge in [0.2, 0.25) is 15.9 Å². The van der Waals surface area contributed by atoms with Crippen molar-refractivity contribution in [2.24, 2.45) is 0 Å². The van der Waals surface area contributed by atoms with E-state index in [1.54, 1.807) is 24.0 Å². The van der Waals surface area contributed by atoms with Crippen LogP contribution in [0.5, 0.6) is 0 Å². The van der Waals surface area contributed by atoms with E-state index in [1.165, 1.54) is 0 Å². The molecule has 1 amide bonds. The molecule has 0 saturated carbocycles. The topological polar surface area (TPSA) is 66.5 Å². The smallest absolute Gasteiger partial charge is 0.240 e. The normalized spacial score (nSPS) is 11.6. The molecule has 2 rings (SSSR count). The molecule has 0 saturated heterocycles. The zero-order valence-electron chi connectivity index (χ0n) is 16.4. The number of aryl methyl sites for hydroxylation is 2. The van der Waals surface area contributed by atoms with Crippen LogP contribution in [0, 0.1) is 13.8 Å². The average molecular weight is 389 g/mol. The molecular formula is C21H28N2O3S. The Labute approximate surface area is 162 Å². The Morgan fingerprint density at radius 1 is 1.07 bits per heavy atom. The molecule has 27 heavy (non-hydrogen) atoms. The first-order chi connectivity index (χ1) is 12.7. The summed E-state index contributed by atoms with van der Waals surface area (Å²) in [5.41, 5.74) is 2.62. The van der Waals surface area contributed by atoms with Crippen LogP contribution in [0.2, 0.25) is 0 Å². The highest BCUT2D eigenvalue weighted by Gasteiger charge is 2.20. The first kappa shape index (κ1) is 21.1. The Hall–Kier alpha value is -2.18. The van der Waals surface area contributed by atoms with Gasteiger partial charge < -0.3 is 4.90 Å². The lowest BCUT2D eigenvalue weighted by atomic mass is 10.2. The number of benzene rings is 2. The zero-order valence-corrected chi connectivity index (χ0v) is 17.2. The standard InChI is InChI=1S/C21H28N2O3S/c1-16(2)23(15-19-8-6-5-7-9-19)21(24)12-13-22-27(25,26)20-14-17(3)10-11-18(20)4/h5-11,14,16,22H,12-13,15H2,1-4H3. The Morgan fingerprint density at radius 2 is 1.74 bits per heavy atom. The van der Waals surface area contributed by atoms with Crippen molar-refractivity contribution in [3.05, 3.63) is 65.2 Å². The number of amides is 1. The summed E-state index contributed by atoms with van der Waals surface area (Å²) in [5.74, 6) is -0.0717. The van der Waals surface area contributed by atoms with Gasteiger partial charge in [0, 0.05) is 25.6 Å². The Bertz CT molecular complexity index is 878. The number of sulfonamides is 1. The van der Waals surface area contributed by atoms with Crippen molar-refractivity contribution in [3.63, 3.8) is 0 Å². The van der Waals surface area contributed by atoms with Gasteiger partial charge in [0.15, 0.2) is 0 Å². The van der Waals surface area contributed by atoms with Gasteiger partial charge >= 0.3 is 0 Å². The monoisotopic (exact) mass is 388 g/mol. The fourth-order valence-corrected chi connectivity index (χ4v) is 4.21. The van der Waals surface area contributed by atoms with E-state index < -0.39 is 10.0 Å². The predicted molar refractivity (Wildman–Crippen MR) is 108 cm³/mol. The van der Waals surface area contributed by atoms with Gasteiger partial charge in [-0.2, -0.15) is 0 Å². The third-order valence-corrected chi connectivity index (χ3v) is 6.01. The number of nitrogens with one attached hydrogen (secondary N) is 1. The summed E-state index contributed by atoms with van der Waals surface area (Å²) in [6.45, 7) is 8.13. The third-order valence-electron chi connectivity index (χ3n) is 4.40. The van der Waals surface area contributed by atoms with Gasteiger partial charge in [-0.05, 0) is 50.5 Å². The van der Waals surface area contributed by atoms with Crippen molar-refractivity contribution >= 4 is 15.9 Å². The van der Waals surface area contributed by atoms with Crippen LogP contribution in [0.4, 0.5) is 0 Å². The molecule has 0 fully saturated rings. The minimum Gasteiger partial charge on any atom is -0.336 e. The second-order valence-corrected chi connectivity index (χ2v) is 8.75. The Kier molecular flexibility index (Phi) is 7.16. The Morgan fingerprint density at radius 3 is 2.37 bits per heavy atom. The molecule has 0 aliphatic rings. The second kappa shape index (κ2) is 9.15. The van der Waals surface area contributed by atoms with Crippen LogP contribution < -0.4 is 4.72 Å². The van der Waals surface area contributed by atoms with E-state index in [1.807, 2.05) is 57.2 Å². The molecule has 2 aromatic carbocycles. The van der Waals surface area contributed by atoms with Gasteiger partial charge in [-0.1, -0.05) is 42.5 Å². The first-order valence-corrected chi connectivity index (χ1v) is 10.6. The fraction of sp³-hybridized carbons (Fsp3) is 0.381. The molecule has 0 aliphatic heterocycles. The van der Waals surface area contributed by atoms with Gasteiger partial charge in [-0.3, -0.25) is 4.79 Å². The van der Waals surface area contributed by atoms with Gasteiger partial charge in [0.1, 0.15) is 0 Å². The molecular weight excluding hydrogens is 360 g/mol. The van der Waals surface area contributed by atoms with Crippen LogP contribution >= 0.6 is 0 Å². The van der Waals surface area contributed by atoms with Crippen molar-refractivity contribution < 1.29 is 13.2 Å². The number of hydrogen-bond donors (Lipinski definition) is 1. The van der Waals surface area contributed by atoms with Crippen molar-refractivity contribution in [3.8, 4) is 0 Å². The van der Waals surface area contributed by atoms with Gasteiger partial charge in [0.05, 0.1) is 4.90 Å². The molecule has 0 bridgehead atoms. The summed E-state index contributed by atoms with van der Waals surface area (Å²) in [7, 11) is -3.63. The number of hydrogen-bond acceptors (Lipinski definition) is 3. The molecule has 2 aromatic rings. The average Bonchev–Trinajstić information content (AvgIpc) is 2.62. The van der Waals surface area contributed by atoms with E-state index in [2.05, 4.69) is 4.72 Å². The highest BCUT2D eigenvalue weighted by molar-refractivity contribution is 7.89. The summed E-state index contributed by atoms with van der Waals surface area (Å²) >= 11 is 0. The highest BCUT2D eigenvalue weighted by atomic mass is 32.2. The molecule has 5 nitrogen and oxygen atoms in total. The second-order valence-electron chi connectivity index (χ2n) is 7.02. The Balaban J connectivity index is 1.99. The number of carbonyl (C=O) groups excluding carboxylic acids is 1. The molecule has 1 N–H and O–H groups in total. The molecule has 0 atom stereocenters. The van der Waals surface area contributed by atoms with Crippen LogP contribution in [-0.4, -0.2) is 31.8 Å². The molecule has 0 aromatic heterocycles. The summed E-state index contributed by atoms with van der Waals surface area (Å²) < 4.78 is 27.6. The maximum atomic E-state index is 12.6. The summed E-state index contributed by atoms with van der Waals surface area (Å²) in [4.78, 5) is 14.7. The van der Waals surface area contributed by atoms with Gasteiger partial charge in [-0.25, -0.2) is 13.1 Å². The zero-order chi connectivity index (χ0) is 20.0. The summed E-state index contributed by atoms with van der Waals surface area (Å²) in [6, 6.07) is 15.1. The lowest BCUT2D eigenvalue weighted by Crippen LogP contribution is -2.38. The first-order valence-electron chi connectivity index (χ1n) is 9.11.